The van der Waals surface area contributed by atoms with E-state index < -0.39 is 6.29 Å². The lowest BCUT2D eigenvalue weighted by molar-refractivity contribution is -0.145. The zero-order chi connectivity index (χ0) is 31.1. The van der Waals surface area contributed by atoms with E-state index >= 15 is 0 Å². The van der Waals surface area contributed by atoms with Crippen molar-refractivity contribution in [1.29, 1.82) is 0 Å². The summed E-state index contributed by atoms with van der Waals surface area (Å²) in [6.07, 6.45) is 3.81. The normalized spacial score (nSPS) is 22.3. The number of aliphatic hydroxyl groups is 1. The van der Waals surface area contributed by atoms with Crippen LogP contribution in [-0.2, 0) is 14.4 Å². The van der Waals surface area contributed by atoms with E-state index in [1.807, 2.05) is 38.1 Å². The molecule has 8 heteroatoms. The van der Waals surface area contributed by atoms with Gasteiger partial charge in [0.05, 0.1) is 17.8 Å². The number of ether oxygens (including phenoxy) is 4. The molecule has 2 fully saturated rings. The largest absolute Gasteiger partial charge is 0.465 e. The summed E-state index contributed by atoms with van der Waals surface area (Å²) in [4.78, 5) is 37.9. The number of hydrogen-bond acceptors (Lipinski definition) is 8. The molecule has 0 aliphatic heterocycles. The van der Waals surface area contributed by atoms with Crippen molar-refractivity contribution < 1.29 is 38.4 Å². The van der Waals surface area contributed by atoms with Crippen molar-refractivity contribution >= 4 is 17.9 Å². The molecule has 0 radical (unpaired) electrons. The zero-order valence-electron chi connectivity index (χ0n) is 25.3. The Hall–Kier alpha value is -4.17. The number of hydrogen-bond donors (Lipinski definition) is 1. The summed E-state index contributed by atoms with van der Waals surface area (Å²) in [7, 11) is 0. The molecular weight excluding hydrogens is 560 g/mol. The molecule has 0 heterocycles. The van der Waals surface area contributed by atoms with Crippen LogP contribution in [0.4, 0.5) is 0 Å². The maximum absolute atomic E-state index is 12.8. The predicted molar refractivity (Wildman–Crippen MR) is 163 cm³/mol. The van der Waals surface area contributed by atoms with E-state index in [9.17, 15) is 19.5 Å². The summed E-state index contributed by atoms with van der Waals surface area (Å²) in [5.41, 5.74) is 2.20. The van der Waals surface area contributed by atoms with Gasteiger partial charge in [0.2, 0.25) is 0 Å². The Morgan fingerprint density at radius 2 is 0.818 bits per heavy atom. The molecule has 0 aromatic heterocycles. The summed E-state index contributed by atoms with van der Waals surface area (Å²) in [6.45, 7) is 3.95. The van der Waals surface area contributed by atoms with Crippen LogP contribution in [0.5, 0.6) is 23.0 Å². The van der Waals surface area contributed by atoms with Crippen molar-refractivity contribution in [3.8, 4) is 23.0 Å². The van der Waals surface area contributed by atoms with Gasteiger partial charge in [-0.3, -0.25) is 14.4 Å². The average molecular weight is 601 g/mol. The van der Waals surface area contributed by atoms with Crippen LogP contribution in [0.3, 0.4) is 0 Å². The number of benzene rings is 3. The summed E-state index contributed by atoms with van der Waals surface area (Å²) in [5.74, 6) is 0.323. The van der Waals surface area contributed by atoms with E-state index in [0.717, 1.165) is 11.1 Å². The van der Waals surface area contributed by atoms with Crippen molar-refractivity contribution in [2.45, 2.75) is 71.5 Å². The molecule has 5 rings (SSSR count). The van der Waals surface area contributed by atoms with E-state index in [1.54, 1.807) is 48.5 Å². The van der Waals surface area contributed by atoms with Crippen molar-refractivity contribution in [1.82, 2.24) is 0 Å². The smallest absolute Gasteiger partial charge is 0.314 e. The molecule has 232 valence electrons. The first kappa shape index (κ1) is 31.3. The highest BCUT2D eigenvalue weighted by Crippen LogP contribution is 2.34. The molecule has 0 spiro atoms. The third kappa shape index (κ3) is 8.47. The molecule has 3 aromatic carbocycles. The Kier molecular flexibility index (Phi) is 10.3. The molecule has 1 atom stereocenters. The monoisotopic (exact) mass is 600 g/mol. The average Bonchev–Trinajstić information content (AvgIpc) is 3.04. The first-order valence-electron chi connectivity index (χ1n) is 15.5. The molecule has 0 saturated heterocycles. The van der Waals surface area contributed by atoms with E-state index in [4.69, 9.17) is 18.9 Å². The molecule has 2 aliphatic rings. The topological polar surface area (TPSA) is 108 Å². The van der Waals surface area contributed by atoms with E-state index in [0.29, 0.717) is 74.4 Å². The fourth-order valence-electron chi connectivity index (χ4n) is 5.84. The Labute approximate surface area is 258 Å². The number of aryl methyl sites for hydroxylation is 2. The second kappa shape index (κ2) is 14.5. The minimum atomic E-state index is -1.01. The van der Waals surface area contributed by atoms with E-state index in [2.05, 4.69) is 0 Å². The van der Waals surface area contributed by atoms with Gasteiger partial charge in [-0.2, -0.15) is 0 Å². The predicted octanol–water partition coefficient (Wildman–Crippen LogP) is 6.73. The summed E-state index contributed by atoms with van der Waals surface area (Å²) in [5, 5.41) is 10.7. The molecule has 1 unspecified atom stereocenters. The number of aliphatic hydroxyl groups excluding tert-OH is 1. The number of carbonyl (C=O) groups excluding carboxylic acids is 3. The van der Waals surface area contributed by atoms with E-state index in [1.165, 1.54) is 0 Å². The molecule has 0 amide bonds. The number of rotatable bonds is 9. The summed E-state index contributed by atoms with van der Waals surface area (Å²) in [6, 6.07) is 21.4. The van der Waals surface area contributed by atoms with Gasteiger partial charge in [0.25, 0.3) is 0 Å². The van der Waals surface area contributed by atoms with Gasteiger partial charge in [-0.25, -0.2) is 0 Å². The summed E-state index contributed by atoms with van der Waals surface area (Å²) < 4.78 is 22.4. The van der Waals surface area contributed by atoms with Crippen LogP contribution in [-0.4, -0.2) is 29.3 Å². The molecule has 1 N–H and O–H groups in total. The van der Waals surface area contributed by atoms with Crippen LogP contribution in [0.15, 0.2) is 72.8 Å². The van der Waals surface area contributed by atoms with Gasteiger partial charge in [-0.1, -0.05) is 35.4 Å². The van der Waals surface area contributed by atoms with Crippen LogP contribution in [0.1, 0.15) is 62.5 Å². The highest BCUT2D eigenvalue weighted by atomic mass is 16.6. The third-order valence-electron chi connectivity index (χ3n) is 8.68. The zero-order valence-corrected chi connectivity index (χ0v) is 25.3. The Morgan fingerprint density at radius 3 is 1.18 bits per heavy atom. The van der Waals surface area contributed by atoms with Gasteiger partial charge < -0.3 is 24.1 Å². The van der Waals surface area contributed by atoms with Crippen LogP contribution >= 0.6 is 0 Å². The molecule has 0 bridgehead atoms. The molecule has 3 aromatic rings. The second-order valence-electron chi connectivity index (χ2n) is 12.0. The molecule has 8 nitrogen and oxygen atoms in total. The van der Waals surface area contributed by atoms with E-state index in [-0.39, 0.29) is 41.6 Å². The summed E-state index contributed by atoms with van der Waals surface area (Å²) >= 11 is 0. The van der Waals surface area contributed by atoms with Crippen LogP contribution in [0.25, 0.3) is 0 Å². The maximum Gasteiger partial charge on any atom is 0.314 e. The standard InChI is InChI=1S/C36H40O8/c1-23-3-15-29(16-4-23)41-33(37)25-7-11-27(12-8-25)35(39)43-31-19-21-32(22-20-31)44-36(40)28-13-9-26(10-14-28)34(38)42-30-17-5-24(2)6-18-30/h3-6,15-22,25-28,35,39H,7-14H2,1-2H3. The highest BCUT2D eigenvalue weighted by Gasteiger charge is 2.33. The van der Waals surface area contributed by atoms with Crippen molar-refractivity contribution in [3.05, 3.63) is 83.9 Å². The SMILES string of the molecule is Cc1ccc(OC(=O)C2CCC(C(=O)Oc3ccc(OC(O)C4CCC(C(=O)Oc5ccc(C)cc5)CC4)cc3)CC2)cc1. The van der Waals surface area contributed by atoms with Gasteiger partial charge in [-0.15, -0.1) is 0 Å². The van der Waals surface area contributed by atoms with Gasteiger partial charge in [0.15, 0.2) is 6.29 Å². The fraction of sp³-hybridized carbons (Fsp3) is 0.417. The quantitative estimate of drug-likeness (QED) is 0.164. The first-order valence-corrected chi connectivity index (χ1v) is 15.5. The molecule has 2 saturated carbocycles. The first-order chi connectivity index (χ1) is 21.2. The van der Waals surface area contributed by atoms with Crippen molar-refractivity contribution in [3.63, 3.8) is 0 Å². The van der Waals surface area contributed by atoms with Crippen LogP contribution in [0, 0.1) is 37.5 Å². The minimum Gasteiger partial charge on any atom is -0.465 e. The highest BCUT2D eigenvalue weighted by molar-refractivity contribution is 5.78. The maximum atomic E-state index is 12.8. The van der Waals surface area contributed by atoms with Crippen LogP contribution < -0.4 is 18.9 Å². The Morgan fingerprint density at radius 1 is 0.523 bits per heavy atom. The van der Waals surface area contributed by atoms with Gasteiger partial charge >= 0.3 is 17.9 Å². The lowest BCUT2D eigenvalue weighted by Crippen LogP contribution is -2.33. The van der Waals surface area contributed by atoms with Crippen molar-refractivity contribution in [2.24, 2.45) is 23.7 Å². The lowest BCUT2D eigenvalue weighted by Gasteiger charge is -2.30. The van der Waals surface area contributed by atoms with Crippen molar-refractivity contribution in [2.75, 3.05) is 0 Å². The molecular formula is C36H40O8. The lowest BCUT2D eigenvalue weighted by atomic mass is 9.81. The van der Waals surface area contributed by atoms with Gasteiger partial charge in [0.1, 0.15) is 23.0 Å². The fourth-order valence-corrected chi connectivity index (χ4v) is 5.84. The third-order valence-corrected chi connectivity index (χ3v) is 8.68. The van der Waals surface area contributed by atoms with Gasteiger partial charge in [0, 0.05) is 5.92 Å². The number of esters is 3. The van der Waals surface area contributed by atoms with Crippen LogP contribution in [0.2, 0.25) is 0 Å². The Balaban J connectivity index is 1.02. The minimum absolute atomic E-state index is 0.0970. The molecule has 2 aliphatic carbocycles. The van der Waals surface area contributed by atoms with Gasteiger partial charge in [-0.05, 0) is 114 Å². The molecule has 44 heavy (non-hydrogen) atoms. The Bertz CT molecular complexity index is 1400. The second-order valence-corrected chi connectivity index (χ2v) is 12.0. The number of carbonyl (C=O) groups is 3.